The van der Waals surface area contributed by atoms with Gasteiger partial charge in [-0.15, -0.1) is 11.3 Å². The maximum atomic E-state index is 12.0. The first-order valence-corrected chi connectivity index (χ1v) is 7.26. The van der Waals surface area contributed by atoms with E-state index < -0.39 is 5.97 Å². The Bertz CT molecular complexity index is 671. The van der Waals surface area contributed by atoms with Gasteiger partial charge in [0.2, 0.25) is 0 Å². The fraction of sp³-hybridized carbons (Fsp3) is 0.125. The number of hydrogen-bond acceptors (Lipinski definition) is 3. The van der Waals surface area contributed by atoms with E-state index in [1.165, 1.54) is 23.0 Å². The second-order valence-electron chi connectivity index (χ2n) is 4.58. The molecule has 21 heavy (non-hydrogen) atoms. The molecule has 108 valence electrons. The molecule has 1 heterocycles. The number of benzene rings is 1. The molecule has 0 unspecified atom stereocenters. The average molecular weight is 301 g/mol. The minimum Gasteiger partial charge on any atom is -0.478 e. The largest absolute Gasteiger partial charge is 0.478 e. The van der Waals surface area contributed by atoms with Crippen LogP contribution >= 0.6 is 11.3 Å². The fourth-order valence-electron chi connectivity index (χ4n) is 1.70. The number of nitrogens with one attached hydrogen (secondary N) is 1. The number of amides is 1. The van der Waals surface area contributed by atoms with E-state index in [-0.39, 0.29) is 5.91 Å². The van der Waals surface area contributed by atoms with Crippen LogP contribution in [-0.2, 0) is 11.3 Å². The van der Waals surface area contributed by atoms with E-state index >= 15 is 0 Å². The third kappa shape index (κ3) is 4.57. The Hall–Kier alpha value is -2.40. The molecular weight excluding hydrogens is 286 g/mol. The molecule has 1 amide bonds. The van der Waals surface area contributed by atoms with Crippen LogP contribution in [0.3, 0.4) is 0 Å². The van der Waals surface area contributed by atoms with Crippen LogP contribution in [0.5, 0.6) is 0 Å². The summed E-state index contributed by atoms with van der Waals surface area (Å²) >= 11 is 1.33. The predicted octanol–water partition coefficient (Wildman–Crippen LogP) is 3.08. The van der Waals surface area contributed by atoms with Gasteiger partial charge >= 0.3 is 5.97 Å². The summed E-state index contributed by atoms with van der Waals surface area (Å²) in [5.74, 6) is -1.17. The van der Waals surface area contributed by atoms with Crippen LogP contribution in [-0.4, -0.2) is 17.0 Å². The van der Waals surface area contributed by atoms with Gasteiger partial charge in [0.15, 0.2) is 0 Å². The first kappa shape index (κ1) is 15.0. The standard InChI is InChI=1S/C16H15NO3S/c1-11-2-4-12(5-3-11)9-17-16(20)13-8-14(21-10-13)6-7-15(18)19/h2-8,10H,9H2,1H3,(H,17,20)(H,18,19). The Kier molecular flexibility index (Phi) is 4.90. The van der Waals surface area contributed by atoms with E-state index in [9.17, 15) is 9.59 Å². The summed E-state index contributed by atoms with van der Waals surface area (Å²) in [4.78, 5) is 23.2. The van der Waals surface area contributed by atoms with E-state index in [0.29, 0.717) is 12.1 Å². The average Bonchev–Trinajstić information content (AvgIpc) is 2.93. The lowest BCUT2D eigenvalue weighted by Crippen LogP contribution is -2.22. The van der Waals surface area contributed by atoms with Crippen molar-refractivity contribution in [3.8, 4) is 0 Å². The highest BCUT2D eigenvalue weighted by Gasteiger charge is 2.07. The molecule has 1 aromatic carbocycles. The zero-order valence-electron chi connectivity index (χ0n) is 11.5. The number of carboxylic acids is 1. The highest BCUT2D eigenvalue weighted by Crippen LogP contribution is 2.16. The molecule has 4 nitrogen and oxygen atoms in total. The van der Waals surface area contributed by atoms with Gasteiger partial charge in [0.05, 0.1) is 5.56 Å². The van der Waals surface area contributed by atoms with Crippen molar-refractivity contribution in [1.82, 2.24) is 5.32 Å². The smallest absolute Gasteiger partial charge is 0.328 e. The lowest BCUT2D eigenvalue weighted by molar-refractivity contribution is -0.131. The SMILES string of the molecule is Cc1ccc(CNC(=O)c2csc(C=CC(=O)O)c2)cc1. The zero-order chi connectivity index (χ0) is 15.2. The molecule has 0 aliphatic heterocycles. The molecule has 0 fully saturated rings. The van der Waals surface area contributed by atoms with Gasteiger partial charge in [0, 0.05) is 22.9 Å². The Morgan fingerprint density at radius 1 is 1.29 bits per heavy atom. The Morgan fingerprint density at radius 3 is 2.67 bits per heavy atom. The Labute approximate surface area is 126 Å². The summed E-state index contributed by atoms with van der Waals surface area (Å²) < 4.78 is 0. The highest BCUT2D eigenvalue weighted by atomic mass is 32.1. The maximum Gasteiger partial charge on any atom is 0.328 e. The van der Waals surface area contributed by atoms with Gasteiger partial charge in [0.25, 0.3) is 5.91 Å². The summed E-state index contributed by atoms with van der Waals surface area (Å²) in [5, 5.41) is 13.1. The number of thiophene rings is 1. The number of aryl methyl sites for hydroxylation is 1. The van der Waals surface area contributed by atoms with Crippen molar-refractivity contribution >= 4 is 29.3 Å². The molecule has 0 atom stereocenters. The fourth-order valence-corrected chi connectivity index (χ4v) is 2.48. The molecule has 0 bridgehead atoms. The Morgan fingerprint density at radius 2 is 2.00 bits per heavy atom. The molecule has 0 aliphatic rings. The third-order valence-corrected chi connectivity index (χ3v) is 3.74. The minimum atomic E-state index is -1.01. The van der Waals surface area contributed by atoms with Crippen molar-refractivity contribution in [3.63, 3.8) is 0 Å². The second-order valence-corrected chi connectivity index (χ2v) is 5.52. The zero-order valence-corrected chi connectivity index (χ0v) is 12.3. The summed E-state index contributed by atoms with van der Waals surface area (Å²) in [5.41, 5.74) is 2.75. The van der Waals surface area contributed by atoms with Crippen molar-refractivity contribution in [2.45, 2.75) is 13.5 Å². The number of carboxylic acid groups (broad SMARTS) is 1. The van der Waals surface area contributed by atoms with Crippen molar-refractivity contribution in [2.75, 3.05) is 0 Å². The van der Waals surface area contributed by atoms with Crippen LogP contribution in [0.15, 0.2) is 41.8 Å². The molecule has 0 saturated heterocycles. The van der Waals surface area contributed by atoms with Gasteiger partial charge in [-0.05, 0) is 24.6 Å². The van der Waals surface area contributed by atoms with Crippen LogP contribution in [0.2, 0.25) is 0 Å². The molecule has 0 saturated carbocycles. The quantitative estimate of drug-likeness (QED) is 0.834. The first-order valence-electron chi connectivity index (χ1n) is 6.38. The number of carbonyl (C=O) groups excluding carboxylic acids is 1. The molecule has 1 aromatic heterocycles. The topological polar surface area (TPSA) is 66.4 Å². The van der Waals surface area contributed by atoms with E-state index in [2.05, 4.69) is 5.32 Å². The normalized spacial score (nSPS) is 10.7. The van der Waals surface area contributed by atoms with Crippen molar-refractivity contribution in [1.29, 1.82) is 0 Å². The van der Waals surface area contributed by atoms with Gasteiger partial charge < -0.3 is 10.4 Å². The van der Waals surface area contributed by atoms with Crippen LogP contribution in [0.25, 0.3) is 6.08 Å². The van der Waals surface area contributed by atoms with Crippen LogP contribution in [0, 0.1) is 6.92 Å². The van der Waals surface area contributed by atoms with Gasteiger partial charge in [-0.2, -0.15) is 0 Å². The molecule has 2 aromatic rings. The van der Waals surface area contributed by atoms with E-state index in [0.717, 1.165) is 16.5 Å². The predicted molar refractivity (Wildman–Crippen MR) is 83.3 cm³/mol. The van der Waals surface area contributed by atoms with Gasteiger partial charge in [0.1, 0.15) is 0 Å². The molecule has 0 radical (unpaired) electrons. The minimum absolute atomic E-state index is 0.165. The number of hydrogen-bond donors (Lipinski definition) is 2. The molecule has 2 N–H and O–H groups in total. The van der Waals surface area contributed by atoms with Gasteiger partial charge in [-0.25, -0.2) is 4.79 Å². The second kappa shape index (κ2) is 6.85. The monoisotopic (exact) mass is 301 g/mol. The van der Waals surface area contributed by atoms with Crippen LogP contribution in [0.4, 0.5) is 0 Å². The number of rotatable bonds is 5. The van der Waals surface area contributed by atoms with Gasteiger partial charge in [-0.1, -0.05) is 29.8 Å². The molecule has 5 heteroatoms. The maximum absolute atomic E-state index is 12.0. The summed E-state index contributed by atoms with van der Waals surface area (Å²) in [6.45, 7) is 2.48. The molecule has 2 rings (SSSR count). The van der Waals surface area contributed by atoms with Crippen molar-refractivity contribution in [2.24, 2.45) is 0 Å². The van der Waals surface area contributed by atoms with E-state index in [1.807, 2.05) is 31.2 Å². The molecule has 0 aliphatic carbocycles. The highest BCUT2D eigenvalue weighted by molar-refractivity contribution is 7.11. The summed E-state index contributed by atoms with van der Waals surface area (Å²) in [6.07, 6.45) is 2.53. The lowest BCUT2D eigenvalue weighted by atomic mass is 10.1. The third-order valence-electron chi connectivity index (χ3n) is 2.85. The molecular formula is C16H15NO3S. The number of carbonyl (C=O) groups is 2. The molecule has 0 spiro atoms. The first-order chi connectivity index (χ1) is 10.0. The van der Waals surface area contributed by atoms with E-state index in [1.54, 1.807) is 11.4 Å². The van der Waals surface area contributed by atoms with Crippen molar-refractivity contribution in [3.05, 3.63) is 63.4 Å². The van der Waals surface area contributed by atoms with Crippen molar-refractivity contribution < 1.29 is 14.7 Å². The lowest BCUT2D eigenvalue weighted by Gasteiger charge is -2.04. The van der Waals surface area contributed by atoms with Gasteiger partial charge in [-0.3, -0.25) is 4.79 Å². The number of aliphatic carboxylic acids is 1. The summed E-state index contributed by atoms with van der Waals surface area (Å²) in [6, 6.07) is 9.63. The van der Waals surface area contributed by atoms with Crippen LogP contribution < -0.4 is 5.32 Å². The van der Waals surface area contributed by atoms with Crippen LogP contribution in [0.1, 0.15) is 26.4 Å². The Balaban J connectivity index is 1.94. The summed E-state index contributed by atoms with van der Waals surface area (Å²) in [7, 11) is 0. The van der Waals surface area contributed by atoms with E-state index in [4.69, 9.17) is 5.11 Å².